The zero-order chi connectivity index (χ0) is 17.6. The molecule has 6 nitrogen and oxygen atoms in total. The molecule has 0 aromatic heterocycles. The van der Waals surface area contributed by atoms with Gasteiger partial charge in [-0.2, -0.15) is 0 Å². The van der Waals surface area contributed by atoms with Crippen molar-refractivity contribution in [1.82, 2.24) is 4.90 Å². The minimum Gasteiger partial charge on any atom is -0.481 e. The summed E-state index contributed by atoms with van der Waals surface area (Å²) in [6, 6.07) is 7.23. The van der Waals surface area contributed by atoms with Gasteiger partial charge in [0.05, 0.1) is 18.4 Å². The second-order valence-electron chi connectivity index (χ2n) is 6.40. The highest BCUT2D eigenvalue weighted by Gasteiger charge is 2.43. The lowest BCUT2D eigenvalue weighted by Gasteiger charge is -2.40. The van der Waals surface area contributed by atoms with Crippen LogP contribution in [0.15, 0.2) is 24.3 Å². The zero-order valence-corrected chi connectivity index (χ0v) is 14.0. The van der Waals surface area contributed by atoms with Gasteiger partial charge >= 0.3 is 5.97 Å². The number of piperidine rings is 1. The molecule has 0 radical (unpaired) electrons. The number of aliphatic hydroxyl groups excluding tert-OH is 1. The van der Waals surface area contributed by atoms with E-state index in [2.05, 4.69) is 0 Å². The maximum absolute atomic E-state index is 12.6. The van der Waals surface area contributed by atoms with Gasteiger partial charge in [0.2, 0.25) is 5.91 Å². The Morgan fingerprint density at radius 3 is 2.50 bits per heavy atom. The van der Waals surface area contributed by atoms with Gasteiger partial charge < -0.3 is 19.8 Å². The van der Waals surface area contributed by atoms with E-state index >= 15 is 0 Å². The van der Waals surface area contributed by atoms with Crippen LogP contribution in [0.4, 0.5) is 0 Å². The first kappa shape index (κ1) is 18.4. The Hall–Kier alpha value is -1.92. The summed E-state index contributed by atoms with van der Waals surface area (Å²) in [5.74, 6) is -0.918. The summed E-state index contributed by atoms with van der Waals surface area (Å²) in [7, 11) is 1.55. The Labute approximate surface area is 142 Å². The van der Waals surface area contributed by atoms with Crippen molar-refractivity contribution >= 4 is 11.9 Å². The first-order chi connectivity index (χ1) is 11.5. The number of likely N-dealkylation sites (tertiary alicyclic amines) is 1. The van der Waals surface area contributed by atoms with Crippen LogP contribution < -0.4 is 0 Å². The van der Waals surface area contributed by atoms with Crippen molar-refractivity contribution in [3.8, 4) is 0 Å². The first-order valence-corrected chi connectivity index (χ1v) is 8.19. The first-order valence-electron chi connectivity index (χ1n) is 8.19. The van der Waals surface area contributed by atoms with Crippen LogP contribution in [0.5, 0.6) is 0 Å². The second kappa shape index (κ2) is 8.26. The van der Waals surface area contributed by atoms with E-state index in [-0.39, 0.29) is 25.5 Å². The lowest BCUT2D eigenvalue weighted by Crippen LogP contribution is -2.50. The number of amides is 1. The Bertz CT molecular complexity index is 571. The fraction of sp³-hybridized carbons (Fsp3) is 0.556. The van der Waals surface area contributed by atoms with Crippen molar-refractivity contribution in [3.63, 3.8) is 0 Å². The molecule has 1 heterocycles. The minimum absolute atomic E-state index is 0.0268. The van der Waals surface area contributed by atoms with Crippen LogP contribution in [0.25, 0.3) is 0 Å². The quantitative estimate of drug-likeness (QED) is 0.787. The molecule has 1 aromatic rings. The summed E-state index contributed by atoms with van der Waals surface area (Å²) >= 11 is 0. The van der Waals surface area contributed by atoms with Crippen LogP contribution >= 0.6 is 0 Å². The number of ether oxygens (including phenoxy) is 1. The van der Waals surface area contributed by atoms with Gasteiger partial charge in [0.15, 0.2) is 0 Å². The highest BCUT2D eigenvalue weighted by molar-refractivity contribution is 5.81. The van der Waals surface area contributed by atoms with Gasteiger partial charge in [0, 0.05) is 26.8 Å². The minimum atomic E-state index is -0.912. The number of carboxylic acids is 1. The fourth-order valence-corrected chi connectivity index (χ4v) is 3.18. The number of hydrogen-bond donors (Lipinski definition) is 2. The number of hydrogen-bond acceptors (Lipinski definition) is 4. The average Bonchev–Trinajstić information content (AvgIpc) is 2.60. The van der Waals surface area contributed by atoms with Crippen molar-refractivity contribution in [2.24, 2.45) is 5.41 Å². The van der Waals surface area contributed by atoms with E-state index in [4.69, 9.17) is 9.84 Å². The van der Waals surface area contributed by atoms with Crippen molar-refractivity contribution in [1.29, 1.82) is 0 Å². The summed E-state index contributed by atoms with van der Waals surface area (Å²) in [4.78, 5) is 26.0. The Morgan fingerprint density at radius 1 is 1.25 bits per heavy atom. The Balaban J connectivity index is 2.03. The van der Waals surface area contributed by atoms with Crippen LogP contribution in [-0.4, -0.2) is 53.8 Å². The number of aliphatic carboxylic acids is 1. The molecule has 0 unspecified atom stereocenters. The standard InChI is InChI=1S/C18H25NO5/c1-24-10-8-18(17(22)23)7-2-9-19(13-18)16(21)11-14-3-5-15(12-20)6-4-14/h3-6,20H,2,7-13H2,1H3,(H,22,23)/t18-/m0/s1. The van der Waals surface area contributed by atoms with E-state index in [1.807, 2.05) is 12.1 Å². The molecule has 1 amide bonds. The third-order valence-corrected chi connectivity index (χ3v) is 4.73. The number of methoxy groups -OCH3 is 1. The molecule has 2 rings (SSSR count). The number of rotatable bonds is 7. The van der Waals surface area contributed by atoms with Gasteiger partial charge in [0.1, 0.15) is 0 Å². The number of benzene rings is 1. The van der Waals surface area contributed by atoms with Crippen LogP contribution in [0.1, 0.15) is 30.4 Å². The number of nitrogens with zero attached hydrogens (tertiary/aromatic N) is 1. The summed E-state index contributed by atoms with van der Waals surface area (Å²) < 4.78 is 5.05. The monoisotopic (exact) mass is 335 g/mol. The number of carbonyl (C=O) groups is 2. The number of carbonyl (C=O) groups excluding carboxylic acids is 1. The summed E-state index contributed by atoms with van der Waals surface area (Å²) in [6.07, 6.45) is 1.91. The molecule has 0 spiro atoms. The third kappa shape index (κ3) is 4.33. The van der Waals surface area contributed by atoms with E-state index in [0.717, 1.165) is 11.1 Å². The van der Waals surface area contributed by atoms with E-state index in [1.165, 1.54) is 0 Å². The van der Waals surface area contributed by atoms with E-state index in [1.54, 1.807) is 24.1 Å². The molecule has 1 atom stereocenters. The van der Waals surface area contributed by atoms with Crippen LogP contribution in [0, 0.1) is 5.41 Å². The number of carboxylic acid groups (broad SMARTS) is 1. The van der Waals surface area contributed by atoms with Crippen molar-refractivity contribution in [2.45, 2.75) is 32.3 Å². The Morgan fingerprint density at radius 2 is 1.92 bits per heavy atom. The molecule has 1 aliphatic rings. The van der Waals surface area contributed by atoms with Crippen molar-refractivity contribution < 1.29 is 24.5 Å². The lowest BCUT2D eigenvalue weighted by molar-refractivity contribution is -0.156. The molecule has 0 saturated carbocycles. The molecule has 1 aliphatic heterocycles. The molecule has 0 aliphatic carbocycles. The van der Waals surface area contributed by atoms with Gasteiger partial charge in [-0.05, 0) is 30.4 Å². The van der Waals surface area contributed by atoms with Crippen LogP contribution in [-0.2, 0) is 27.4 Å². The maximum Gasteiger partial charge on any atom is 0.311 e. The van der Waals surface area contributed by atoms with E-state index < -0.39 is 11.4 Å². The molecule has 2 N–H and O–H groups in total. The largest absolute Gasteiger partial charge is 0.481 e. The molecule has 1 aromatic carbocycles. The second-order valence-corrected chi connectivity index (χ2v) is 6.40. The number of aliphatic hydroxyl groups is 1. The molecule has 6 heteroatoms. The Kier molecular flexibility index (Phi) is 6.34. The van der Waals surface area contributed by atoms with E-state index in [9.17, 15) is 14.7 Å². The summed E-state index contributed by atoms with van der Waals surface area (Å²) in [5.41, 5.74) is 0.749. The van der Waals surface area contributed by atoms with Crippen molar-refractivity contribution in [3.05, 3.63) is 35.4 Å². The smallest absolute Gasteiger partial charge is 0.311 e. The molecule has 1 saturated heterocycles. The predicted molar refractivity (Wildman–Crippen MR) is 88.4 cm³/mol. The third-order valence-electron chi connectivity index (χ3n) is 4.73. The molecule has 1 fully saturated rings. The molecular formula is C18H25NO5. The lowest BCUT2D eigenvalue weighted by atomic mass is 9.77. The SMILES string of the molecule is COCC[C@@]1(C(=O)O)CCCN(C(=O)Cc2ccc(CO)cc2)C1. The topological polar surface area (TPSA) is 87.1 Å². The highest BCUT2D eigenvalue weighted by Crippen LogP contribution is 2.34. The van der Waals surface area contributed by atoms with Crippen molar-refractivity contribution in [2.75, 3.05) is 26.8 Å². The van der Waals surface area contributed by atoms with Gasteiger partial charge in [-0.1, -0.05) is 24.3 Å². The average molecular weight is 335 g/mol. The summed E-state index contributed by atoms with van der Waals surface area (Å²) in [5, 5.41) is 18.7. The van der Waals surface area contributed by atoms with Crippen LogP contribution in [0.3, 0.4) is 0 Å². The zero-order valence-electron chi connectivity index (χ0n) is 14.0. The maximum atomic E-state index is 12.6. The predicted octanol–water partition coefficient (Wildman–Crippen LogP) is 1.45. The normalized spacial score (nSPS) is 20.8. The van der Waals surface area contributed by atoms with Crippen LogP contribution in [0.2, 0.25) is 0 Å². The van der Waals surface area contributed by atoms with Gasteiger partial charge in [0.25, 0.3) is 0 Å². The summed E-state index contributed by atoms with van der Waals surface area (Å²) in [6.45, 7) is 1.17. The highest BCUT2D eigenvalue weighted by atomic mass is 16.5. The van der Waals surface area contributed by atoms with Gasteiger partial charge in [-0.15, -0.1) is 0 Å². The molecule has 132 valence electrons. The molecule has 0 bridgehead atoms. The molecule has 24 heavy (non-hydrogen) atoms. The van der Waals surface area contributed by atoms with Gasteiger partial charge in [-0.3, -0.25) is 9.59 Å². The van der Waals surface area contributed by atoms with E-state index in [0.29, 0.717) is 32.4 Å². The molecular weight excluding hydrogens is 310 g/mol. The van der Waals surface area contributed by atoms with Gasteiger partial charge in [-0.25, -0.2) is 0 Å². The fourth-order valence-electron chi connectivity index (χ4n) is 3.18.